The lowest BCUT2D eigenvalue weighted by atomic mass is 10.0. The lowest BCUT2D eigenvalue weighted by Gasteiger charge is -2.33. The van der Waals surface area contributed by atoms with Crippen molar-refractivity contribution in [1.82, 2.24) is 4.90 Å². The minimum atomic E-state index is -0.305. The monoisotopic (exact) mass is 263 g/mol. The Balaban J connectivity index is 3.06. The Morgan fingerprint density at radius 2 is 1.84 bits per heavy atom. The number of ether oxygens (including phenoxy) is 1. The Morgan fingerprint density at radius 1 is 1.21 bits per heavy atom. The molecule has 0 heterocycles. The van der Waals surface area contributed by atoms with Crippen molar-refractivity contribution in [3.05, 3.63) is 35.9 Å². The zero-order valence-electron chi connectivity index (χ0n) is 12.4. The fourth-order valence-electron chi connectivity index (χ4n) is 2.26. The van der Waals surface area contributed by atoms with E-state index in [0.29, 0.717) is 12.6 Å². The zero-order valence-corrected chi connectivity index (χ0v) is 12.4. The Bertz CT molecular complexity index is 376. The predicted octanol–water partition coefficient (Wildman–Crippen LogP) is 3.41. The van der Waals surface area contributed by atoms with Crippen LogP contribution in [0.4, 0.5) is 0 Å². The molecule has 0 spiro atoms. The summed E-state index contributed by atoms with van der Waals surface area (Å²) < 4.78 is 5.26. The Kier molecular flexibility index (Phi) is 6.57. The van der Waals surface area contributed by atoms with Gasteiger partial charge in [-0.05, 0) is 39.3 Å². The summed E-state index contributed by atoms with van der Waals surface area (Å²) in [6, 6.07) is 9.87. The van der Waals surface area contributed by atoms with Gasteiger partial charge < -0.3 is 4.74 Å². The molecule has 0 saturated heterocycles. The molecule has 106 valence electrons. The molecule has 1 unspecified atom stereocenters. The number of hydrogen-bond acceptors (Lipinski definition) is 3. The maximum atomic E-state index is 12.3. The second-order valence-corrected chi connectivity index (χ2v) is 4.90. The standard InChI is InChI=1S/C16H25NO2/c1-5-12-17(13(3)4)15(16(18)19-6-2)14-10-8-7-9-11-14/h7-11,13,15H,5-6,12H2,1-4H3. The second-order valence-electron chi connectivity index (χ2n) is 4.90. The first kappa shape index (κ1) is 15.7. The van der Waals surface area contributed by atoms with Crippen LogP contribution < -0.4 is 0 Å². The molecule has 1 aromatic carbocycles. The normalized spacial score (nSPS) is 12.7. The first-order chi connectivity index (χ1) is 9.11. The maximum Gasteiger partial charge on any atom is 0.328 e. The van der Waals surface area contributed by atoms with Gasteiger partial charge in [0.05, 0.1) is 6.61 Å². The fraction of sp³-hybridized carbons (Fsp3) is 0.562. The van der Waals surface area contributed by atoms with Crippen LogP contribution in [0.5, 0.6) is 0 Å². The van der Waals surface area contributed by atoms with E-state index < -0.39 is 0 Å². The first-order valence-corrected chi connectivity index (χ1v) is 7.09. The molecule has 0 bridgehead atoms. The zero-order chi connectivity index (χ0) is 14.3. The third-order valence-electron chi connectivity index (χ3n) is 3.10. The van der Waals surface area contributed by atoms with Crippen LogP contribution in [-0.4, -0.2) is 30.1 Å². The second kappa shape index (κ2) is 7.95. The number of carbonyl (C=O) groups is 1. The summed E-state index contributed by atoms with van der Waals surface area (Å²) in [5.41, 5.74) is 1.00. The van der Waals surface area contributed by atoms with Crippen molar-refractivity contribution in [2.75, 3.05) is 13.2 Å². The lowest BCUT2D eigenvalue weighted by molar-refractivity contribution is -0.150. The quantitative estimate of drug-likeness (QED) is 0.706. The van der Waals surface area contributed by atoms with Crippen LogP contribution in [0.1, 0.15) is 45.7 Å². The van der Waals surface area contributed by atoms with Crippen LogP contribution in [0, 0.1) is 0 Å². The number of esters is 1. The molecule has 0 N–H and O–H groups in total. The van der Waals surface area contributed by atoms with Crippen molar-refractivity contribution in [1.29, 1.82) is 0 Å². The van der Waals surface area contributed by atoms with Crippen molar-refractivity contribution in [2.45, 2.75) is 46.2 Å². The minimum Gasteiger partial charge on any atom is -0.465 e. The van der Waals surface area contributed by atoms with Crippen LogP contribution in [-0.2, 0) is 9.53 Å². The van der Waals surface area contributed by atoms with Gasteiger partial charge in [-0.2, -0.15) is 0 Å². The highest BCUT2D eigenvalue weighted by molar-refractivity contribution is 5.77. The van der Waals surface area contributed by atoms with E-state index in [2.05, 4.69) is 25.7 Å². The van der Waals surface area contributed by atoms with E-state index in [1.807, 2.05) is 37.3 Å². The van der Waals surface area contributed by atoms with Crippen LogP contribution in [0.25, 0.3) is 0 Å². The topological polar surface area (TPSA) is 29.5 Å². The smallest absolute Gasteiger partial charge is 0.328 e. The molecular weight excluding hydrogens is 238 g/mol. The molecular formula is C16H25NO2. The van der Waals surface area contributed by atoms with Crippen LogP contribution in [0.3, 0.4) is 0 Å². The van der Waals surface area contributed by atoms with Gasteiger partial charge in [-0.25, -0.2) is 4.79 Å². The van der Waals surface area contributed by atoms with Crippen molar-refractivity contribution >= 4 is 5.97 Å². The molecule has 1 aromatic rings. The lowest BCUT2D eigenvalue weighted by Crippen LogP contribution is -2.40. The van der Waals surface area contributed by atoms with Gasteiger partial charge in [0.25, 0.3) is 0 Å². The fourth-order valence-corrected chi connectivity index (χ4v) is 2.26. The largest absolute Gasteiger partial charge is 0.465 e. The maximum absolute atomic E-state index is 12.3. The van der Waals surface area contributed by atoms with Crippen molar-refractivity contribution in [2.24, 2.45) is 0 Å². The summed E-state index contributed by atoms with van der Waals surface area (Å²) in [5.74, 6) is -0.157. The predicted molar refractivity (Wildman–Crippen MR) is 77.9 cm³/mol. The van der Waals surface area contributed by atoms with Gasteiger partial charge in [0.2, 0.25) is 0 Å². The molecule has 0 aromatic heterocycles. The third kappa shape index (κ3) is 4.35. The summed E-state index contributed by atoms with van der Waals surface area (Å²) in [7, 11) is 0. The van der Waals surface area contributed by atoms with Gasteiger partial charge in [0.15, 0.2) is 0 Å². The number of carbonyl (C=O) groups excluding carboxylic acids is 1. The molecule has 3 nitrogen and oxygen atoms in total. The van der Waals surface area contributed by atoms with Gasteiger partial charge in [-0.3, -0.25) is 4.90 Å². The van der Waals surface area contributed by atoms with E-state index in [9.17, 15) is 4.79 Å². The summed E-state index contributed by atoms with van der Waals surface area (Å²) in [5, 5.41) is 0. The van der Waals surface area contributed by atoms with Gasteiger partial charge in [-0.15, -0.1) is 0 Å². The van der Waals surface area contributed by atoms with Gasteiger partial charge in [-0.1, -0.05) is 37.3 Å². The molecule has 19 heavy (non-hydrogen) atoms. The van der Waals surface area contributed by atoms with Crippen LogP contribution in [0.2, 0.25) is 0 Å². The molecule has 1 rings (SSSR count). The molecule has 0 saturated carbocycles. The Morgan fingerprint density at radius 3 is 2.32 bits per heavy atom. The average molecular weight is 263 g/mol. The van der Waals surface area contributed by atoms with E-state index in [1.165, 1.54) is 0 Å². The van der Waals surface area contributed by atoms with E-state index in [-0.39, 0.29) is 12.0 Å². The van der Waals surface area contributed by atoms with Crippen molar-refractivity contribution in [3.63, 3.8) is 0 Å². The molecule has 0 aliphatic heterocycles. The summed E-state index contributed by atoms with van der Waals surface area (Å²) in [6.45, 7) is 9.51. The molecule has 0 radical (unpaired) electrons. The number of benzene rings is 1. The molecule has 0 amide bonds. The minimum absolute atomic E-state index is 0.157. The van der Waals surface area contributed by atoms with E-state index in [1.54, 1.807) is 0 Å². The Hall–Kier alpha value is -1.35. The van der Waals surface area contributed by atoms with Gasteiger partial charge in [0, 0.05) is 6.04 Å². The number of rotatable bonds is 7. The van der Waals surface area contributed by atoms with Crippen molar-refractivity contribution in [3.8, 4) is 0 Å². The number of nitrogens with zero attached hydrogens (tertiary/aromatic N) is 1. The highest BCUT2D eigenvalue weighted by Gasteiger charge is 2.29. The van der Waals surface area contributed by atoms with Gasteiger partial charge in [0.1, 0.15) is 6.04 Å². The van der Waals surface area contributed by atoms with E-state index in [0.717, 1.165) is 18.5 Å². The first-order valence-electron chi connectivity index (χ1n) is 7.09. The summed E-state index contributed by atoms with van der Waals surface area (Å²) in [6.07, 6.45) is 1.01. The van der Waals surface area contributed by atoms with Gasteiger partial charge >= 0.3 is 5.97 Å². The van der Waals surface area contributed by atoms with E-state index >= 15 is 0 Å². The molecule has 3 heteroatoms. The molecule has 1 atom stereocenters. The highest BCUT2D eigenvalue weighted by Crippen LogP contribution is 2.24. The van der Waals surface area contributed by atoms with Crippen molar-refractivity contribution < 1.29 is 9.53 Å². The molecule has 0 aliphatic rings. The highest BCUT2D eigenvalue weighted by atomic mass is 16.5. The summed E-state index contributed by atoms with van der Waals surface area (Å²) in [4.78, 5) is 14.5. The summed E-state index contributed by atoms with van der Waals surface area (Å²) >= 11 is 0. The third-order valence-corrected chi connectivity index (χ3v) is 3.10. The number of hydrogen-bond donors (Lipinski definition) is 0. The van der Waals surface area contributed by atoms with Crippen LogP contribution in [0.15, 0.2) is 30.3 Å². The SMILES string of the molecule is CCCN(C(C)C)C(C(=O)OCC)c1ccccc1. The molecule has 0 fully saturated rings. The van der Waals surface area contributed by atoms with E-state index in [4.69, 9.17) is 4.74 Å². The average Bonchev–Trinajstić information content (AvgIpc) is 2.39. The molecule has 0 aliphatic carbocycles. The van der Waals surface area contributed by atoms with Crippen LogP contribution >= 0.6 is 0 Å². The Labute approximate surface area is 116 Å².